The van der Waals surface area contributed by atoms with Crippen LogP contribution < -0.4 is 15.4 Å². The van der Waals surface area contributed by atoms with Gasteiger partial charge in [-0.3, -0.25) is 4.79 Å². The maximum Gasteiger partial charge on any atom is 0.338 e. The van der Waals surface area contributed by atoms with Gasteiger partial charge in [0, 0.05) is 18.2 Å². The lowest BCUT2D eigenvalue weighted by Crippen LogP contribution is -2.45. The van der Waals surface area contributed by atoms with Crippen molar-refractivity contribution in [2.24, 2.45) is 0 Å². The summed E-state index contributed by atoms with van der Waals surface area (Å²) >= 11 is 5.30. The second-order valence-corrected chi connectivity index (χ2v) is 6.49. The number of hydrogen-bond donors (Lipinski definition) is 2. The molecule has 0 aromatic heterocycles. The third kappa shape index (κ3) is 3.78. The summed E-state index contributed by atoms with van der Waals surface area (Å²) in [5, 5.41) is 8.29. The first-order chi connectivity index (χ1) is 12.9. The summed E-state index contributed by atoms with van der Waals surface area (Å²) in [7, 11) is 0. The lowest BCUT2D eigenvalue weighted by atomic mass is 9.90. The number of nitrogens with one attached hydrogen (secondary N) is 2. The van der Waals surface area contributed by atoms with Crippen LogP contribution in [0.15, 0.2) is 47.7 Å². The van der Waals surface area contributed by atoms with Gasteiger partial charge >= 0.3 is 11.9 Å². The molecule has 0 amide bonds. The van der Waals surface area contributed by atoms with E-state index in [1.165, 1.54) is 6.92 Å². The smallest absolute Gasteiger partial charge is 0.338 e. The number of carbonyl (C=O) groups excluding carboxylic acids is 2. The average molecular weight is 384 g/mol. The van der Waals surface area contributed by atoms with Gasteiger partial charge in [0.1, 0.15) is 5.75 Å². The Hall–Kier alpha value is -2.93. The summed E-state index contributed by atoms with van der Waals surface area (Å²) in [6.07, 6.45) is 0. The second-order valence-electron chi connectivity index (χ2n) is 6.08. The first kappa shape index (κ1) is 18.8. The fourth-order valence-electron chi connectivity index (χ4n) is 3.21. The van der Waals surface area contributed by atoms with E-state index in [2.05, 4.69) is 10.6 Å². The minimum atomic E-state index is -0.613. The van der Waals surface area contributed by atoms with Crippen molar-refractivity contribution in [1.29, 1.82) is 0 Å². The van der Waals surface area contributed by atoms with Crippen LogP contribution in [-0.2, 0) is 14.3 Å². The molecule has 2 N–H and O–H groups in total. The molecule has 0 bridgehead atoms. The summed E-state index contributed by atoms with van der Waals surface area (Å²) < 4.78 is 10.7. The van der Waals surface area contributed by atoms with Crippen LogP contribution in [0.1, 0.15) is 32.4 Å². The highest BCUT2D eigenvalue weighted by atomic mass is 32.1. The van der Waals surface area contributed by atoms with Gasteiger partial charge in [-0.05, 0) is 42.9 Å². The van der Waals surface area contributed by atoms with Gasteiger partial charge in [-0.15, -0.1) is 0 Å². The lowest BCUT2D eigenvalue weighted by Gasteiger charge is -2.31. The monoisotopic (exact) mass is 384 g/mol. The zero-order chi connectivity index (χ0) is 19.6. The molecule has 1 aliphatic heterocycles. The summed E-state index contributed by atoms with van der Waals surface area (Å²) in [5.41, 5.74) is 1.66. The van der Waals surface area contributed by atoms with Crippen molar-refractivity contribution < 1.29 is 19.1 Å². The molecule has 0 spiro atoms. The van der Waals surface area contributed by atoms with E-state index in [1.54, 1.807) is 19.9 Å². The largest absolute Gasteiger partial charge is 0.463 e. The summed E-state index contributed by atoms with van der Waals surface area (Å²) in [6.45, 7) is 5.11. The van der Waals surface area contributed by atoms with Gasteiger partial charge in [-0.25, -0.2) is 4.79 Å². The van der Waals surface area contributed by atoms with Crippen molar-refractivity contribution in [3.05, 3.63) is 53.2 Å². The van der Waals surface area contributed by atoms with E-state index in [4.69, 9.17) is 21.7 Å². The molecule has 0 saturated heterocycles. The third-order valence-corrected chi connectivity index (χ3v) is 4.46. The Bertz CT molecular complexity index is 968. The quantitative estimate of drug-likeness (QED) is 0.476. The van der Waals surface area contributed by atoms with E-state index < -0.39 is 18.0 Å². The van der Waals surface area contributed by atoms with Crippen LogP contribution in [0, 0.1) is 0 Å². The molecular formula is C20H20N2O4S. The van der Waals surface area contributed by atoms with Crippen LogP contribution in [0.2, 0.25) is 0 Å². The fraction of sp³-hybridized carbons (Fsp3) is 0.250. The number of thiocarbonyl (C=S) groups is 1. The number of benzene rings is 2. The number of rotatable bonds is 4. The van der Waals surface area contributed by atoms with Crippen molar-refractivity contribution >= 4 is 40.0 Å². The highest BCUT2D eigenvalue weighted by Gasteiger charge is 2.34. The topological polar surface area (TPSA) is 76.7 Å². The molecular weight excluding hydrogens is 364 g/mol. The Morgan fingerprint density at radius 1 is 1.19 bits per heavy atom. The van der Waals surface area contributed by atoms with E-state index in [0.717, 1.165) is 10.8 Å². The molecule has 0 fully saturated rings. The van der Waals surface area contributed by atoms with Crippen LogP contribution >= 0.6 is 12.2 Å². The molecule has 140 valence electrons. The van der Waals surface area contributed by atoms with Gasteiger partial charge in [0.05, 0.1) is 18.2 Å². The van der Waals surface area contributed by atoms with Crippen LogP contribution in [-0.4, -0.2) is 23.7 Å². The number of esters is 2. The Labute approximate surface area is 162 Å². The minimum absolute atomic E-state index is 0.249. The van der Waals surface area contributed by atoms with Crippen molar-refractivity contribution in [1.82, 2.24) is 10.6 Å². The molecule has 3 rings (SSSR count). The van der Waals surface area contributed by atoms with Crippen LogP contribution in [0.5, 0.6) is 5.75 Å². The Kier molecular flexibility index (Phi) is 5.41. The summed E-state index contributed by atoms with van der Waals surface area (Å²) in [6, 6.07) is 10.7. The molecule has 27 heavy (non-hydrogen) atoms. The lowest BCUT2D eigenvalue weighted by molar-refractivity contribution is -0.139. The standard InChI is InChI=1S/C20H20N2O4S/c1-4-25-19(24)16-11(2)21-20(27)22-18(16)17-14-8-6-5-7-13(14)9-10-15(17)26-12(3)23/h5-10,18H,4H2,1-3H3,(H2,21,22,27)/t18-/m0/s1. The van der Waals surface area contributed by atoms with E-state index in [9.17, 15) is 9.59 Å². The average Bonchev–Trinajstić information content (AvgIpc) is 2.60. The molecule has 1 atom stereocenters. The Morgan fingerprint density at radius 3 is 2.63 bits per heavy atom. The third-order valence-electron chi connectivity index (χ3n) is 4.24. The number of allylic oxidation sites excluding steroid dienone is 1. The van der Waals surface area contributed by atoms with Crippen molar-refractivity contribution in [3.8, 4) is 5.75 Å². The SMILES string of the molecule is CCOC(=O)C1=C(C)NC(=S)N[C@@H]1c1c(OC(C)=O)ccc2ccccc12. The number of ether oxygens (including phenoxy) is 2. The van der Waals surface area contributed by atoms with Crippen LogP contribution in [0.3, 0.4) is 0 Å². The molecule has 7 heteroatoms. The van der Waals surface area contributed by atoms with Gasteiger partial charge in [0.15, 0.2) is 5.11 Å². The molecule has 0 radical (unpaired) electrons. The highest BCUT2D eigenvalue weighted by molar-refractivity contribution is 7.80. The van der Waals surface area contributed by atoms with E-state index in [1.807, 2.05) is 30.3 Å². The van der Waals surface area contributed by atoms with Gasteiger partial charge in [0.25, 0.3) is 0 Å². The minimum Gasteiger partial charge on any atom is -0.463 e. The number of fused-ring (bicyclic) bond motifs is 1. The maximum absolute atomic E-state index is 12.7. The zero-order valence-corrected chi connectivity index (χ0v) is 16.1. The number of carbonyl (C=O) groups is 2. The van der Waals surface area contributed by atoms with E-state index >= 15 is 0 Å². The first-order valence-corrected chi connectivity index (χ1v) is 8.98. The van der Waals surface area contributed by atoms with Gasteiger partial charge in [0.2, 0.25) is 0 Å². The summed E-state index contributed by atoms with van der Waals surface area (Å²) in [4.78, 5) is 24.3. The molecule has 6 nitrogen and oxygen atoms in total. The number of hydrogen-bond acceptors (Lipinski definition) is 5. The summed E-state index contributed by atoms with van der Waals surface area (Å²) in [5.74, 6) is -0.524. The van der Waals surface area contributed by atoms with E-state index in [0.29, 0.717) is 27.7 Å². The molecule has 1 aliphatic rings. The van der Waals surface area contributed by atoms with Crippen molar-refractivity contribution in [2.75, 3.05) is 6.61 Å². The predicted octanol–water partition coefficient (Wildman–Crippen LogP) is 3.12. The molecule has 2 aromatic carbocycles. The predicted molar refractivity (Wildman–Crippen MR) is 106 cm³/mol. The van der Waals surface area contributed by atoms with Crippen LogP contribution in [0.4, 0.5) is 0 Å². The Balaban J connectivity index is 2.27. The molecule has 0 aliphatic carbocycles. The second kappa shape index (κ2) is 7.75. The molecule has 0 saturated carbocycles. The van der Waals surface area contributed by atoms with Crippen LogP contribution in [0.25, 0.3) is 10.8 Å². The van der Waals surface area contributed by atoms with E-state index in [-0.39, 0.29) is 6.61 Å². The van der Waals surface area contributed by atoms with Gasteiger partial charge in [-0.1, -0.05) is 30.3 Å². The molecule has 2 aromatic rings. The van der Waals surface area contributed by atoms with Crippen molar-refractivity contribution in [3.63, 3.8) is 0 Å². The van der Waals surface area contributed by atoms with Gasteiger partial charge < -0.3 is 20.1 Å². The first-order valence-electron chi connectivity index (χ1n) is 8.57. The maximum atomic E-state index is 12.7. The molecule has 1 heterocycles. The van der Waals surface area contributed by atoms with Crippen molar-refractivity contribution in [2.45, 2.75) is 26.8 Å². The zero-order valence-electron chi connectivity index (χ0n) is 15.3. The highest BCUT2D eigenvalue weighted by Crippen LogP contribution is 2.38. The fourth-order valence-corrected chi connectivity index (χ4v) is 3.48. The molecule has 0 unspecified atom stereocenters. The Morgan fingerprint density at radius 2 is 1.93 bits per heavy atom. The normalized spacial score (nSPS) is 16.6. The van der Waals surface area contributed by atoms with Gasteiger partial charge in [-0.2, -0.15) is 0 Å².